The Labute approximate surface area is 207 Å². The summed E-state index contributed by atoms with van der Waals surface area (Å²) >= 11 is 0. The van der Waals surface area contributed by atoms with Crippen molar-refractivity contribution in [1.29, 1.82) is 0 Å². The van der Waals surface area contributed by atoms with E-state index in [1.807, 2.05) is 19.1 Å². The summed E-state index contributed by atoms with van der Waals surface area (Å²) in [5.41, 5.74) is 9.31. The van der Waals surface area contributed by atoms with Crippen LogP contribution in [0.5, 0.6) is 0 Å². The standard InChI is InChI=1S/C27H36N6O2/c1-17(2)26-21-12-19(18-8-10-32(11-9-18)15-24(34)31(3)4)6-7-22(21)30-27(26)20-13-23-28-16-29-33(23)25(14-20)35-5/h6-7,12-14,17-18,29-30H,8-11,15-16H2,1-5H3. The molecule has 0 atom stereocenters. The summed E-state index contributed by atoms with van der Waals surface area (Å²) in [7, 11) is 5.34. The zero-order valence-corrected chi connectivity index (χ0v) is 21.4. The molecule has 1 aromatic carbocycles. The van der Waals surface area contributed by atoms with Gasteiger partial charge in [-0.25, -0.2) is 15.4 Å². The summed E-state index contributed by atoms with van der Waals surface area (Å²) in [5.74, 6) is 2.66. The molecule has 5 rings (SSSR count). The van der Waals surface area contributed by atoms with E-state index >= 15 is 0 Å². The Morgan fingerprint density at radius 1 is 1.23 bits per heavy atom. The highest BCUT2D eigenvalue weighted by atomic mass is 16.5. The highest BCUT2D eigenvalue weighted by Crippen LogP contribution is 2.38. The van der Waals surface area contributed by atoms with Gasteiger partial charge in [-0.15, -0.1) is 0 Å². The number of likely N-dealkylation sites (N-methyl/N-ethyl adjacent to an activating group) is 1. The van der Waals surface area contributed by atoms with Crippen LogP contribution >= 0.6 is 0 Å². The molecule has 3 aliphatic rings. The van der Waals surface area contributed by atoms with Gasteiger partial charge >= 0.3 is 0 Å². The molecule has 2 N–H and O–H groups in total. The van der Waals surface area contributed by atoms with Gasteiger partial charge in [-0.3, -0.25) is 9.69 Å². The molecule has 35 heavy (non-hydrogen) atoms. The van der Waals surface area contributed by atoms with Gasteiger partial charge in [-0.05, 0) is 67.1 Å². The number of benzene rings is 1. The number of piperidine rings is 1. The van der Waals surface area contributed by atoms with Gasteiger partial charge in [0.15, 0.2) is 0 Å². The Hall–Kier alpha value is -3.10. The Morgan fingerprint density at radius 3 is 2.69 bits per heavy atom. The summed E-state index contributed by atoms with van der Waals surface area (Å²) in [5, 5.41) is 3.18. The van der Waals surface area contributed by atoms with Crippen LogP contribution in [0.4, 0.5) is 0 Å². The predicted octanol–water partition coefficient (Wildman–Crippen LogP) is 3.62. The maximum atomic E-state index is 12.1. The van der Waals surface area contributed by atoms with Crippen molar-refractivity contribution in [2.75, 3.05) is 47.5 Å². The van der Waals surface area contributed by atoms with Crippen LogP contribution in [0.15, 0.2) is 41.2 Å². The van der Waals surface area contributed by atoms with Crippen molar-refractivity contribution in [1.82, 2.24) is 25.2 Å². The number of amides is 1. The molecule has 0 bridgehead atoms. The van der Waals surface area contributed by atoms with Gasteiger partial charge in [0.05, 0.1) is 19.3 Å². The van der Waals surface area contributed by atoms with Gasteiger partial charge in [0.1, 0.15) is 12.5 Å². The van der Waals surface area contributed by atoms with Crippen molar-refractivity contribution in [3.05, 3.63) is 53.1 Å². The molecule has 0 unspecified atom stereocenters. The fourth-order valence-electron chi connectivity index (χ4n) is 5.38. The lowest BCUT2D eigenvalue weighted by Crippen LogP contribution is -2.40. The largest absolute Gasteiger partial charge is 0.481 e. The molecule has 1 fully saturated rings. The number of carbonyl (C=O) groups is 1. The van der Waals surface area contributed by atoms with Crippen LogP contribution in [0.25, 0.3) is 16.5 Å². The minimum absolute atomic E-state index is 0.177. The average molecular weight is 477 g/mol. The number of methoxy groups -OCH3 is 1. The number of amidine groups is 1. The van der Waals surface area contributed by atoms with Crippen LogP contribution in [-0.4, -0.2) is 79.0 Å². The topological polar surface area (TPSA) is 76.2 Å². The van der Waals surface area contributed by atoms with E-state index in [4.69, 9.17) is 4.74 Å². The second kappa shape index (κ2) is 9.51. The van der Waals surface area contributed by atoms with Gasteiger partial charge in [0.2, 0.25) is 11.8 Å². The normalized spacial score (nSPS) is 19.0. The van der Waals surface area contributed by atoms with Gasteiger partial charge in [0.25, 0.3) is 0 Å². The number of nitrogens with zero attached hydrogens (tertiary/aromatic N) is 4. The zero-order chi connectivity index (χ0) is 24.7. The van der Waals surface area contributed by atoms with Crippen LogP contribution in [0, 0.1) is 0 Å². The third-order valence-corrected chi connectivity index (χ3v) is 7.34. The number of fused-ring (bicyclic) bond motifs is 2. The molecule has 186 valence electrons. The molecule has 8 nitrogen and oxygen atoms in total. The number of aliphatic imine (C=N–C) groups is 1. The minimum atomic E-state index is 0.177. The lowest BCUT2D eigenvalue weighted by Gasteiger charge is -2.32. The Balaban J connectivity index is 1.43. The monoisotopic (exact) mass is 476 g/mol. The number of likely N-dealkylation sites (tertiary alicyclic amines) is 1. The fraction of sp³-hybridized carbons (Fsp3) is 0.481. The maximum Gasteiger partial charge on any atom is 0.236 e. The molecular weight excluding hydrogens is 440 g/mol. The maximum absolute atomic E-state index is 12.1. The van der Waals surface area contributed by atoms with Gasteiger partial charge in [-0.1, -0.05) is 19.9 Å². The number of carbonyl (C=O) groups excluding carboxylic acids is 1. The highest BCUT2D eigenvalue weighted by molar-refractivity contribution is 6.05. The summed E-state index contributed by atoms with van der Waals surface area (Å²) in [6.07, 6.45) is 6.34. The first kappa shape index (κ1) is 23.6. The molecule has 0 radical (unpaired) electrons. The second-order valence-corrected chi connectivity index (χ2v) is 10.2. The van der Waals surface area contributed by atoms with Crippen LogP contribution < -0.4 is 5.43 Å². The SMILES string of the molecule is COC1=CC(c2[nH]c3ccc(C4CCN(CC(=O)N(C)C)CC4)cc3c2C(C)C)=CC2=NCNN12. The van der Waals surface area contributed by atoms with Gasteiger partial charge < -0.3 is 14.6 Å². The van der Waals surface area contributed by atoms with Crippen molar-refractivity contribution in [2.45, 2.75) is 38.5 Å². The molecular formula is C27H36N6O2. The number of H-pyrrole nitrogens is 1. The molecule has 3 aliphatic heterocycles. The highest BCUT2D eigenvalue weighted by Gasteiger charge is 2.28. The summed E-state index contributed by atoms with van der Waals surface area (Å²) in [6.45, 7) is 7.50. The van der Waals surface area contributed by atoms with E-state index < -0.39 is 0 Å². The van der Waals surface area contributed by atoms with Crippen LogP contribution in [0.1, 0.15) is 55.3 Å². The van der Waals surface area contributed by atoms with E-state index in [0.717, 1.165) is 54.4 Å². The van der Waals surface area contributed by atoms with Crippen molar-refractivity contribution in [3.8, 4) is 0 Å². The van der Waals surface area contributed by atoms with Gasteiger partial charge in [0, 0.05) is 36.6 Å². The van der Waals surface area contributed by atoms with Crippen LogP contribution in [-0.2, 0) is 9.53 Å². The first-order chi connectivity index (χ1) is 16.9. The summed E-state index contributed by atoms with van der Waals surface area (Å²) in [6, 6.07) is 6.89. The molecule has 2 aromatic rings. The number of allylic oxidation sites excluding steroid dienone is 2. The van der Waals surface area contributed by atoms with Crippen LogP contribution in [0.2, 0.25) is 0 Å². The smallest absolute Gasteiger partial charge is 0.236 e. The molecule has 0 aliphatic carbocycles. The van der Waals surface area contributed by atoms with E-state index in [9.17, 15) is 4.79 Å². The van der Waals surface area contributed by atoms with E-state index in [1.54, 1.807) is 12.0 Å². The zero-order valence-electron chi connectivity index (χ0n) is 21.4. The third-order valence-electron chi connectivity index (χ3n) is 7.34. The average Bonchev–Trinajstić information content (AvgIpc) is 3.48. The van der Waals surface area contributed by atoms with E-state index in [0.29, 0.717) is 25.0 Å². The Morgan fingerprint density at radius 2 is 2.00 bits per heavy atom. The van der Waals surface area contributed by atoms with Crippen molar-refractivity contribution < 1.29 is 9.53 Å². The fourth-order valence-corrected chi connectivity index (χ4v) is 5.38. The first-order valence-electron chi connectivity index (χ1n) is 12.5. The van der Waals surface area contributed by atoms with E-state index in [1.165, 1.54) is 16.5 Å². The minimum Gasteiger partial charge on any atom is -0.481 e. The van der Waals surface area contributed by atoms with Gasteiger partial charge in [-0.2, -0.15) is 0 Å². The van der Waals surface area contributed by atoms with Crippen molar-refractivity contribution in [2.24, 2.45) is 4.99 Å². The molecule has 1 aromatic heterocycles. The lowest BCUT2D eigenvalue weighted by atomic mass is 9.87. The third kappa shape index (κ3) is 4.48. The quantitative estimate of drug-likeness (QED) is 0.666. The van der Waals surface area contributed by atoms with E-state index in [2.05, 4.69) is 64.5 Å². The first-order valence-corrected chi connectivity index (χ1v) is 12.5. The second-order valence-electron chi connectivity index (χ2n) is 10.2. The number of ether oxygens (including phenoxy) is 1. The summed E-state index contributed by atoms with van der Waals surface area (Å²) < 4.78 is 5.64. The molecule has 1 amide bonds. The summed E-state index contributed by atoms with van der Waals surface area (Å²) in [4.78, 5) is 24.3. The predicted molar refractivity (Wildman–Crippen MR) is 140 cm³/mol. The number of hydrazine groups is 1. The molecule has 0 spiro atoms. The van der Waals surface area contributed by atoms with Crippen molar-refractivity contribution >= 4 is 28.2 Å². The lowest BCUT2D eigenvalue weighted by molar-refractivity contribution is -0.130. The number of rotatable bonds is 6. The van der Waals surface area contributed by atoms with Crippen molar-refractivity contribution in [3.63, 3.8) is 0 Å². The number of nitrogens with one attached hydrogen (secondary N) is 2. The Bertz CT molecular complexity index is 1210. The molecule has 4 heterocycles. The molecule has 1 saturated heterocycles. The Kier molecular flexibility index (Phi) is 6.42. The molecule has 8 heteroatoms. The number of hydrogen-bond donors (Lipinski definition) is 2. The molecule has 0 saturated carbocycles. The number of aromatic amines is 1. The van der Waals surface area contributed by atoms with E-state index in [-0.39, 0.29) is 5.91 Å². The van der Waals surface area contributed by atoms with Crippen LogP contribution in [0.3, 0.4) is 0 Å². The number of aromatic nitrogens is 1. The number of hydrogen-bond acceptors (Lipinski definition) is 6.